The highest BCUT2D eigenvalue weighted by Gasteiger charge is 2.30. The fourth-order valence-electron chi connectivity index (χ4n) is 3.21. The highest BCUT2D eigenvalue weighted by atomic mass is 19.4. The molecule has 150 valence electrons. The molecule has 0 aliphatic rings. The number of aromatic nitrogens is 3. The standard InChI is InChI=1S/C20H17F3N4O2/c1-11(12-4-3-5-13(8-12)20(21,22)23)25-19-14-9-16(28)17(29-2)10-15(14)27-18(26-19)6-7-24-27/h3-11,28H,1-2H3,(H,25,26). The average Bonchev–Trinajstić information content (AvgIpc) is 3.15. The first-order chi connectivity index (χ1) is 13.8. The van der Waals surface area contributed by atoms with Crippen LogP contribution in [-0.4, -0.2) is 26.8 Å². The Labute approximate surface area is 163 Å². The van der Waals surface area contributed by atoms with Crippen LogP contribution in [0.15, 0.2) is 48.7 Å². The van der Waals surface area contributed by atoms with Crippen LogP contribution < -0.4 is 10.1 Å². The molecule has 1 unspecified atom stereocenters. The van der Waals surface area contributed by atoms with E-state index in [-0.39, 0.29) is 11.5 Å². The monoisotopic (exact) mass is 402 g/mol. The number of halogens is 3. The van der Waals surface area contributed by atoms with Crippen LogP contribution >= 0.6 is 0 Å². The van der Waals surface area contributed by atoms with Gasteiger partial charge in [0.1, 0.15) is 5.82 Å². The summed E-state index contributed by atoms with van der Waals surface area (Å²) in [5.74, 6) is 0.608. The van der Waals surface area contributed by atoms with Gasteiger partial charge in [-0.1, -0.05) is 12.1 Å². The maximum atomic E-state index is 13.0. The van der Waals surface area contributed by atoms with E-state index in [1.807, 2.05) is 0 Å². The predicted molar refractivity (Wildman–Crippen MR) is 102 cm³/mol. The normalized spacial score (nSPS) is 13.0. The molecule has 4 rings (SSSR count). The van der Waals surface area contributed by atoms with Crippen molar-refractivity contribution in [3.63, 3.8) is 0 Å². The Morgan fingerprint density at radius 1 is 1.17 bits per heavy atom. The van der Waals surface area contributed by atoms with Gasteiger partial charge in [0.15, 0.2) is 17.1 Å². The summed E-state index contributed by atoms with van der Waals surface area (Å²) in [5, 5.41) is 18.1. The number of alkyl halides is 3. The van der Waals surface area contributed by atoms with Gasteiger partial charge in [-0.25, -0.2) is 9.50 Å². The third-order valence-electron chi connectivity index (χ3n) is 4.70. The van der Waals surface area contributed by atoms with Crippen LogP contribution in [0, 0.1) is 0 Å². The first-order valence-electron chi connectivity index (χ1n) is 8.76. The molecule has 0 fully saturated rings. The highest BCUT2D eigenvalue weighted by molar-refractivity contribution is 5.93. The largest absolute Gasteiger partial charge is 0.504 e. The molecule has 0 saturated heterocycles. The van der Waals surface area contributed by atoms with Crippen LogP contribution in [0.25, 0.3) is 16.6 Å². The maximum Gasteiger partial charge on any atom is 0.416 e. The summed E-state index contributed by atoms with van der Waals surface area (Å²) in [4.78, 5) is 4.51. The molecule has 29 heavy (non-hydrogen) atoms. The molecule has 0 saturated carbocycles. The fraction of sp³-hybridized carbons (Fsp3) is 0.200. The van der Waals surface area contributed by atoms with Crippen molar-refractivity contribution in [2.75, 3.05) is 12.4 Å². The Hall–Kier alpha value is -3.49. The second-order valence-electron chi connectivity index (χ2n) is 6.59. The van der Waals surface area contributed by atoms with E-state index in [0.717, 1.165) is 12.1 Å². The zero-order valence-electron chi connectivity index (χ0n) is 15.5. The van der Waals surface area contributed by atoms with E-state index >= 15 is 0 Å². The summed E-state index contributed by atoms with van der Waals surface area (Å²) in [6.07, 6.45) is -2.83. The minimum Gasteiger partial charge on any atom is -0.504 e. The number of benzene rings is 2. The average molecular weight is 402 g/mol. The smallest absolute Gasteiger partial charge is 0.416 e. The molecule has 9 heteroatoms. The topological polar surface area (TPSA) is 71.7 Å². The number of phenolic OH excluding ortho intramolecular Hbond substituents is 1. The number of fused-ring (bicyclic) bond motifs is 3. The van der Waals surface area contributed by atoms with Gasteiger partial charge < -0.3 is 15.2 Å². The predicted octanol–water partition coefficient (Wildman–Crippen LogP) is 4.79. The van der Waals surface area contributed by atoms with Crippen molar-refractivity contribution in [3.8, 4) is 11.5 Å². The lowest BCUT2D eigenvalue weighted by Crippen LogP contribution is -2.12. The van der Waals surface area contributed by atoms with Crippen molar-refractivity contribution in [1.29, 1.82) is 0 Å². The van der Waals surface area contributed by atoms with E-state index in [0.29, 0.717) is 27.9 Å². The maximum absolute atomic E-state index is 13.0. The number of methoxy groups -OCH3 is 1. The number of hydrogen-bond acceptors (Lipinski definition) is 5. The van der Waals surface area contributed by atoms with E-state index < -0.39 is 17.8 Å². The number of ether oxygens (including phenoxy) is 1. The lowest BCUT2D eigenvalue weighted by atomic mass is 10.0. The Morgan fingerprint density at radius 3 is 2.69 bits per heavy atom. The number of aromatic hydroxyl groups is 1. The third-order valence-corrected chi connectivity index (χ3v) is 4.70. The second-order valence-corrected chi connectivity index (χ2v) is 6.59. The van der Waals surface area contributed by atoms with Gasteiger partial charge in [-0.15, -0.1) is 0 Å². The molecule has 0 amide bonds. The van der Waals surface area contributed by atoms with Gasteiger partial charge in [0.25, 0.3) is 0 Å². The summed E-state index contributed by atoms with van der Waals surface area (Å²) in [6.45, 7) is 1.74. The lowest BCUT2D eigenvalue weighted by Gasteiger charge is -2.19. The number of nitrogens with zero attached hydrogens (tertiary/aromatic N) is 3. The first-order valence-corrected chi connectivity index (χ1v) is 8.76. The van der Waals surface area contributed by atoms with E-state index in [1.54, 1.807) is 35.8 Å². The molecule has 2 aromatic carbocycles. The zero-order chi connectivity index (χ0) is 20.8. The summed E-state index contributed by atoms with van der Waals surface area (Å²) >= 11 is 0. The van der Waals surface area contributed by atoms with Gasteiger partial charge in [0.05, 0.1) is 24.4 Å². The number of nitrogens with one attached hydrogen (secondary N) is 1. The van der Waals surface area contributed by atoms with Crippen LogP contribution in [0.5, 0.6) is 11.5 Å². The number of anilines is 1. The minimum atomic E-state index is -4.42. The molecule has 0 aliphatic carbocycles. The van der Waals surface area contributed by atoms with Gasteiger partial charge in [-0.2, -0.15) is 18.3 Å². The Balaban J connectivity index is 1.80. The number of hydrogen-bond donors (Lipinski definition) is 2. The summed E-state index contributed by atoms with van der Waals surface area (Å²) in [7, 11) is 1.44. The molecular weight excluding hydrogens is 385 g/mol. The minimum absolute atomic E-state index is 0.0805. The van der Waals surface area contributed by atoms with Crippen molar-refractivity contribution in [1.82, 2.24) is 14.6 Å². The first kappa shape index (κ1) is 18.9. The van der Waals surface area contributed by atoms with Gasteiger partial charge in [0, 0.05) is 23.6 Å². The number of phenols is 1. The molecule has 2 heterocycles. The summed E-state index contributed by atoms with van der Waals surface area (Å²) < 4.78 is 45.9. The van der Waals surface area contributed by atoms with E-state index in [9.17, 15) is 18.3 Å². The van der Waals surface area contributed by atoms with Gasteiger partial charge >= 0.3 is 6.18 Å². The fourth-order valence-corrected chi connectivity index (χ4v) is 3.21. The van der Waals surface area contributed by atoms with Gasteiger partial charge in [0.2, 0.25) is 0 Å². The summed E-state index contributed by atoms with van der Waals surface area (Å²) in [6, 6.07) is 9.49. The third kappa shape index (κ3) is 3.39. The summed E-state index contributed by atoms with van der Waals surface area (Å²) in [5.41, 5.74) is 0.924. The molecular formula is C20H17F3N4O2. The lowest BCUT2D eigenvalue weighted by molar-refractivity contribution is -0.137. The molecule has 4 aromatic rings. The Kier molecular flexibility index (Phi) is 4.45. The Bertz CT molecular complexity index is 1200. The van der Waals surface area contributed by atoms with Crippen LogP contribution in [0.4, 0.5) is 19.0 Å². The quantitative estimate of drug-likeness (QED) is 0.514. The molecule has 0 radical (unpaired) electrons. The van der Waals surface area contributed by atoms with Crippen LogP contribution in [0.3, 0.4) is 0 Å². The van der Waals surface area contributed by atoms with Crippen molar-refractivity contribution < 1.29 is 23.0 Å². The van der Waals surface area contributed by atoms with Gasteiger partial charge in [-0.3, -0.25) is 0 Å². The zero-order valence-corrected chi connectivity index (χ0v) is 15.5. The second kappa shape index (κ2) is 6.84. The van der Waals surface area contributed by atoms with E-state index in [1.165, 1.54) is 19.2 Å². The molecule has 1 atom stereocenters. The van der Waals surface area contributed by atoms with Crippen molar-refractivity contribution in [3.05, 3.63) is 59.8 Å². The highest BCUT2D eigenvalue weighted by Crippen LogP contribution is 2.36. The molecule has 2 N–H and O–H groups in total. The van der Waals surface area contributed by atoms with Crippen LogP contribution in [0.1, 0.15) is 24.1 Å². The van der Waals surface area contributed by atoms with Crippen LogP contribution in [-0.2, 0) is 6.18 Å². The van der Waals surface area contributed by atoms with Crippen molar-refractivity contribution >= 4 is 22.4 Å². The van der Waals surface area contributed by atoms with Gasteiger partial charge in [-0.05, 0) is 30.7 Å². The van der Waals surface area contributed by atoms with Crippen molar-refractivity contribution in [2.45, 2.75) is 19.1 Å². The Morgan fingerprint density at radius 2 is 1.97 bits per heavy atom. The molecule has 2 aromatic heterocycles. The molecule has 6 nitrogen and oxygen atoms in total. The van der Waals surface area contributed by atoms with E-state index in [4.69, 9.17) is 4.74 Å². The SMILES string of the molecule is COc1cc2c(cc1O)c(NC(C)c1cccc(C(F)(F)F)c1)nc1ccnn12. The number of rotatable bonds is 4. The van der Waals surface area contributed by atoms with Crippen LogP contribution in [0.2, 0.25) is 0 Å². The molecule has 0 bridgehead atoms. The van der Waals surface area contributed by atoms with Crippen molar-refractivity contribution in [2.24, 2.45) is 0 Å². The molecule has 0 spiro atoms. The van der Waals surface area contributed by atoms with E-state index in [2.05, 4.69) is 15.4 Å². The molecule has 0 aliphatic heterocycles.